The molecule has 3 heterocycles. The lowest BCUT2D eigenvalue weighted by Crippen LogP contribution is -2.35. The van der Waals surface area contributed by atoms with E-state index in [2.05, 4.69) is 38.0 Å². The van der Waals surface area contributed by atoms with Crippen LogP contribution >= 0.6 is 0 Å². The van der Waals surface area contributed by atoms with Crippen molar-refractivity contribution in [2.45, 2.75) is 45.8 Å². The Bertz CT molecular complexity index is 871. The molecule has 1 fully saturated rings. The lowest BCUT2D eigenvalue weighted by molar-refractivity contribution is 0.239. The molecule has 0 aliphatic carbocycles. The summed E-state index contributed by atoms with van der Waals surface area (Å²) in [6, 6.07) is 6.52. The summed E-state index contributed by atoms with van der Waals surface area (Å²) in [7, 11) is 1.75. The molecule has 2 aliphatic heterocycles. The molecule has 0 atom stereocenters. The van der Waals surface area contributed by atoms with Gasteiger partial charge in [0.1, 0.15) is 11.6 Å². The zero-order valence-electron chi connectivity index (χ0n) is 16.3. The number of aromatic amines is 1. The zero-order chi connectivity index (χ0) is 18.8. The zero-order valence-corrected chi connectivity index (χ0v) is 16.3. The molecule has 1 saturated heterocycles. The molecule has 0 spiro atoms. The van der Waals surface area contributed by atoms with E-state index in [1.165, 1.54) is 37.1 Å². The number of hydrogen-bond acceptors (Lipinski definition) is 5. The van der Waals surface area contributed by atoms with Crippen molar-refractivity contribution in [2.75, 3.05) is 26.7 Å². The molecule has 2 aliphatic rings. The SMILES string of the molecule is COc1ccc(CN2CCc3c(nc(C)[nH]c3=O)C2)cc1CN1CCCC1. The molecular formula is C21H28N4O2. The van der Waals surface area contributed by atoms with Gasteiger partial charge in [-0.05, 0) is 57.0 Å². The average molecular weight is 368 g/mol. The number of H-pyrrole nitrogens is 1. The smallest absolute Gasteiger partial charge is 0.254 e. The first-order chi connectivity index (χ1) is 13.1. The van der Waals surface area contributed by atoms with Gasteiger partial charge in [-0.2, -0.15) is 0 Å². The van der Waals surface area contributed by atoms with Gasteiger partial charge in [-0.15, -0.1) is 0 Å². The minimum atomic E-state index is 0.0227. The van der Waals surface area contributed by atoms with Crippen molar-refractivity contribution in [3.63, 3.8) is 0 Å². The van der Waals surface area contributed by atoms with Gasteiger partial charge >= 0.3 is 0 Å². The van der Waals surface area contributed by atoms with Gasteiger partial charge in [-0.1, -0.05) is 6.07 Å². The van der Waals surface area contributed by atoms with Crippen molar-refractivity contribution < 1.29 is 4.74 Å². The Morgan fingerprint density at radius 2 is 1.96 bits per heavy atom. The number of aromatic nitrogens is 2. The van der Waals surface area contributed by atoms with Gasteiger partial charge in [0, 0.05) is 37.3 Å². The van der Waals surface area contributed by atoms with Crippen LogP contribution in [0.5, 0.6) is 5.75 Å². The summed E-state index contributed by atoms with van der Waals surface area (Å²) in [6.45, 7) is 7.63. The minimum absolute atomic E-state index is 0.0227. The maximum Gasteiger partial charge on any atom is 0.254 e. The topological polar surface area (TPSA) is 61.5 Å². The first-order valence-electron chi connectivity index (χ1n) is 9.81. The largest absolute Gasteiger partial charge is 0.496 e. The van der Waals surface area contributed by atoms with Gasteiger partial charge in [0.25, 0.3) is 5.56 Å². The number of aryl methyl sites for hydroxylation is 1. The number of nitrogens with zero attached hydrogens (tertiary/aromatic N) is 3. The van der Waals surface area contributed by atoms with Crippen LogP contribution in [-0.2, 0) is 26.1 Å². The van der Waals surface area contributed by atoms with Crippen molar-refractivity contribution >= 4 is 0 Å². The van der Waals surface area contributed by atoms with E-state index in [0.717, 1.165) is 49.6 Å². The summed E-state index contributed by atoms with van der Waals surface area (Å²) >= 11 is 0. The maximum absolute atomic E-state index is 12.1. The number of hydrogen-bond donors (Lipinski definition) is 1. The predicted molar refractivity (Wildman–Crippen MR) is 105 cm³/mol. The fourth-order valence-corrected chi connectivity index (χ4v) is 4.25. The van der Waals surface area contributed by atoms with E-state index < -0.39 is 0 Å². The van der Waals surface area contributed by atoms with Gasteiger partial charge in [0.2, 0.25) is 0 Å². The monoisotopic (exact) mass is 368 g/mol. The number of fused-ring (bicyclic) bond motifs is 1. The molecule has 0 radical (unpaired) electrons. The Hall–Kier alpha value is -2.18. The van der Waals surface area contributed by atoms with Gasteiger partial charge in [-0.3, -0.25) is 14.6 Å². The second-order valence-electron chi connectivity index (χ2n) is 7.67. The number of likely N-dealkylation sites (tertiary alicyclic amines) is 1. The van der Waals surface area contributed by atoms with Gasteiger partial charge < -0.3 is 9.72 Å². The van der Waals surface area contributed by atoms with Crippen LogP contribution in [0.15, 0.2) is 23.0 Å². The van der Waals surface area contributed by atoms with E-state index in [1.807, 2.05) is 6.92 Å². The molecule has 1 N–H and O–H groups in total. The number of ether oxygens (including phenoxy) is 1. The summed E-state index contributed by atoms with van der Waals surface area (Å²) in [5, 5.41) is 0. The number of nitrogens with one attached hydrogen (secondary N) is 1. The van der Waals surface area contributed by atoms with Gasteiger partial charge in [-0.25, -0.2) is 4.98 Å². The van der Waals surface area contributed by atoms with Crippen LogP contribution in [0.2, 0.25) is 0 Å². The van der Waals surface area contributed by atoms with Crippen LogP contribution in [0.3, 0.4) is 0 Å². The Labute approximate surface area is 160 Å². The molecular weight excluding hydrogens is 340 g/mol. The lowest BCUT2D eigenvalue weighted by atomic mass is 10.0. The highest BCUT2D eigenvalue weighted by atomic mass is 16.5. The molecule has 1 aromatic heterocycles. The van der Waals surface area contributed by atoms with Crippen molar-refractivity contribution in [3.05, 3.63) is 56.8 Å². The molecule has 6 nitrogen and oxygen atoms in total. The predicted octanol–water partition coefficient (Wildman–Crippen LogP) is 2.24. The van der Waals surface area contributed by atoms with Crippen molar-refractivity contribution in [3.8, 4) is 5.75 Å². The summed E-state index contributed by atoms with van der Waals surface area (Å²) in [5.41, 5.74) is 4.35. The van der Waals surface area contributed by atoms with Crippen LogP contribution in [0.25, 0.3) is 0 Å². The first-order valence-corrected chi connectivity index (χ1v) is 9.81. The molecule has 1 aromatic carbocycles. The third kappa shape index (κ3) is 4.06. The van der Waals surface area contributed by atoms with E-state index in [9.17, 15) is 4.79 Å². The molecule has 0 saturated carbocycles. The maximum atomic E-state index is 12.1. The Morgan fingerprint density at radius 1 is 1.15 bits per heavy atom. The number of benzene rings is 1. The molecule has 144 valence electrons. The van der Waals surface area contributed by atoms with Gasteiger partial charge in [0.05, 0.1) is 12.8 Å². The van der Waals surface area contributed by atoms with Crippen LogP contribution in [0.4, 0.5) is 0 Å². The summed E-state index contributed by atoms with van der Waals surface area (Å²) in [6.07, 6.45) is 3.34. The second kappa shape index (κ2) is 7.82. The van der Waals surface area contributed by atoms with Crippen molar-refractivity contribution in [2.24, 2.45) is 0 Å². The van der Waals surface area contributed by atoms with E-state index >= 15 is 0 Å². The van der Waals surface area contributed by atoms with Crippen LogP contribution in [0, 0.1) is 6.92 Å². The number of methoxy groups -OCH3 is 1. The highest BCUT2D eigenvalue weighted by molar-refractivity contribution is 5.37. The third-order valence-electron chi connectivity index (χ3n) is 5.61. The van der Waals surface area contributed by atoms with Crippen LogP contribution in [0.1, 0.15) is 41.1 Å². The normalized spacial score (nSPS) is 17.9. The fraction of sp³-hybridized carbons (Fsp3) is 0.524. The Balaban J connectivity index is 1.50. The molecule has 2 aromatic rings. The second-order valence-corrected chi connectivity index (χ2v) is 7.67. The first kappa shape index (κ1) is 18.2. The third-order valence-corrected chi connectivity index (χ3v) is 5.61. The highest BCUT2D eigenvalue weighted by Crippen LogP contribution is 2.25. The van der Waals surface area contributed by atoms with Crippen molar-refractivity contribution in [1.29, 1.82) is 0 Å². The number of rotatable bonds is 5. The molecule has 4 rings (SSSR count). The lowest BCUT2D eigenvalue weighted by Gasteiger charge is -2.28. The van der Waals surface area contributed by atoms with E-state index in [4.69, 9.17) is 4.74 Å². The minimum Gasteiger partial charge on any atom is -0.496 e. The quantitative estimate of drug-likeness (QED) is 0.877. The van der Waals surface area contributed by atoms with E-state index in [1.54, 1.807) is 7.11 Å². The van der Waals surface area contributed by atoms with Crippen molar-refractivity contribution in [1.82, 2.24) is 19.8 Å². The molecule has 0 bridgehead atoms. The standard InChI is InChI=1S/C21H28N4O2/c1-15-22-19-14-25(10-7-18(19)21(26)23-15)12-16-5-6-20(27-2)17(11-16)13-24-8-3-4-9-24/h5-6,11H,3-4,7-10,12-14H2,1-2H3,(H,22,23,26). The molecule has 27 heavy (non-hydrogen) atoms. The van der Waals surface area contributed by atoms with E-state index in [0.29, 0.717) is 5.82 Å². The van der Waals surface area contributed by atoms with Crippen LogP contribution < -0.4 is 10.3 Å². The average Bonchev–Trinajstić information content (AvgIpc) is 3.14. The van der Waals surface area contributed by atoms with E-state index in [-0.39, 0.29) is 5.56 Å². The summed E-state index contributed by atoms with van der Waals surface area (Å²) in [5.74, 6) is 1.66. The molecule has 0 amide bonds. The Kier molecular flexibility index (Phi) is 5.27. The Morgan fingerprint density at radius 3 is 2.74 bits per heavy atom. The van der Waals surface area contributed by atoms with Gasteiger partial charge in [0.15, 0.2) is 0 Å². The van der Waals surface area contributed by atoms with Crippen LogP contribution in [-0.4, -0.2) is 46.5 Å². The summed E-state index contributed by atoms with van der Waals surface area (Å²) < 4.78 is 5.58. The highest BCUT2D eigenvalue weighted by Gasteiger charge is 2.21. The molecule has 0 unspecified atom stereocenters. The summed E-state index contributed by atoms with van der Waals surface area (Å²) in [4.78, 5) is 24.3. The fourth-order valence-electron chi connectivity index (χ4n) is 4.25. The molecule has 6 heteroatoms.